The van der Waals surface area contributed by atoms with Crippen LogP contribution in [-0.4, -0.2) is 58.9 Å². The van der Waals surface area contributed by atoms with Crippen LogP contribution in [0.2, 0.25) is 0 Å². The van der Waals surface area contributed by atoms with E-state index in [2.05, 4.69) is 6.58 Å². The van der Waals surface area contributed by atoms with E-state index < -0.39 is 11.4 Å². The molecule has 0 heterocycles. The van der Waals surface area contributed by atoms with Crippen LogP contribution in [0.5, 0.6) is 0 Å². The lowest BCUT2D eigenvalue weighted by atomic mass is 9.85. The first kappa shape index (κ1) is 18.4. The molecule has 0 aromatic heterocycles. The summed E-state index contributed by atoms with van der Waals surface area (Å²) >= 11 is 0. The van der Waals surface area contributed by atoms with E-state index >= 15 is 0 Å². The summed E-state index contributed by atoms with van der Waals surface area (Å²) in [6, 6.07) is 0. The smallest absolute Gasteiger partial charge is 0.327 e. The Morgan fingerprint density at radius 3 is 1.88 bits per heavy atom. The van der Waals surface area contributed by atoms with Crippen molar-refractivity contribution in [3.63, 3.8) is 0 Å². The number of hydrogen-bond acceptors (Lipinski definition) is 5. The summed E-state index contributed by atoms with van der Waals surface area (Å²) in [6.45, 7) is 6.19. The van der Waals surface area contributed by atoms with Crippen LogP contribution in [0.25, 0.3) is 0 Å². The van der Waals surface area contributed by atoms with Crippen molar-refractivity contribution in [3.05, 3.63) is 12.7 Å². The second-order valence-electron chi connectivity index (χ2n) is 3.48. The zero-order valence-corrected chi connectivity index (χ0v) is 10.3. The fourth-order valence-electron chi connectivity index (χ4n) is 0.962. The standard InChI is InChI=1S/C8H18O4.C3H4O2/c1-3-12-7(2)8(4-9,5-10)6-11;1-2-3(4)5/h7,9-11H,3-6H2,1-2H3;2H,1H2,(H,4,5). The van der Waals surface area contributed by atoms with Crippen molar-refractivity contribution in [2.24, 2.45) is 5.41 Å². The van der Waals surface area contributed by atoms with Gasteiger partial charge in [-0.05, 0) is 13.8 Å². The van der Waals surface area contributed by atoms with E-state index in [-0.39, 0.29) is 25.9 Å². The van der Waals surface area contributed by atoms with Crippen LogP contribution in [-0.2, 0) is 9.53 Å². The predicted octanol–water partition coefficient (Wildman–Crippen LogP) is -0.368. The van der Waals surface area contributed by atoms with Crippen LogP contribution in [0.3, 0.4) is 0 Å². The summed E-state index contributed by atoms with van der Waals surface area (Å²) in [6.07, 6.45) is 0.488. The lowest BCUT2D eigenvalue weighted by molar-refractivity contribution is -0.131. The molecule has 0 aromatic rings. The minimum atomic E-state index is -0.981. The number of aliphatic hydroxyl groups is 3. The summed E-state index contributed by atoms with van der Waals surface area (Å²) in [5.74, 6) is -0.981. The van der Waals surface area contributed by atoms with Crippen molar-refractivity contribution in [3.8, 4) is 0 Å². The Balaban J connectivity index is 0. The maximum absolute atomic E-state index is 9.25. The number of ether oxygens (including phenoxy) is 1. The molecule has 0 aliphatic carbocycles. The summed E-state index contributed by atoms with van der Waals surface area (Å²) < 4.78 is 5.20. The van der Waals surface area contributed by atoms with Crippen LogP contribution in [0.15, 0.2) is 12.7 Å². The number of aliphatic carboxylic acids is 1. The van der Waals surface area contributed by atoms with E-state index in [0.717, 1.165) is 6.08 Å². The van der Waals surface area contributed by atoms with Gasteiger partial charge in [-0.2, -0.15) is 0 Å². The molecule has 0 aliphatic rings. The maximum atomic E-state index is 9.25. The number of rotatable bonds is 7. The molecular weight excluding hydrogens is 228 g/mol. The van der Waals surface area contributed by atoms with Gasteiger partial charge in [-0.25, -0.2) is 4.79 Å². The first-order valence-electron chi connectivity index (χ1n) is 5.23. The van der Waals surface area contributed by atoms with Crippen LogP contribution >= 0.6 is 0 Å². The molecule has 0 saturated heterocycles. The van der Waals surface area contributed by atoms with Crippen molar-refractivity contribution in [1.82, 2.24) is 0 Å². The van der Waals surface area contributed by atoms with Gasteiger partial charge < -0.3 is 25.2 Å². The highest BCUT2D eigenvalue weighted by molar-refractivity contribution is 5.78. The third-order valence-electron chi connectivity index (χ3n) is 2.40. The van der Waals surface area contributed by atoms with Gasteiger partial charge in [0, 0.05) is 12.7 Å². The highest BCUT2D eigenvalue weighted by Crippen LogP contribution is 2.22. The SMILES string of the molecule is C=CC(=O)O.CCOC(C)C(CO)(CO)CO. The predicted molar refractivity (Wildman–Crippen MR) is 62.6 cm³/mol. The molecule has 0 rings (SSSR count). The molecule has 0 saturated carbocycles. The highest BCUT2D eigenvalue weighted by atomic mass is 16.5. The molecule has 0 bridgehead atoms. The molecule has 0 spiro atoms. The Kier molecular flexibility index (Phi) is 11.1. The van der Waals surface area contributed by atoms with Gasteiger partial charge in [-0.15, -0.1) is 0 Å². The number of aliphatic hydroxyl groups excluding tert-OH is 3. The van der Waals surface area contributed by atoms with E-state index in [1.165, 1.54) is 0 Å². The van der Waals surface area contributed by atoms with Gasteiger partial charge in [0.15, 0.2) is 0 Å². The molecule has 102 valence electrons. The molecule has 0 fully saturated rings. The first-order chi connectivity index (χ1) is 7.93. The molecular formula is C11H22O6. The van der Waals surface area contributed by atoms with Crippen LogP contribution in [0.1, 0.15) is 13.8 Å². The molecule has 1 atom stereocenters. The first-order valence-corrected chi connectivity index (χ1v) is 5.23. The van der Waals surface area contributed by atoms with E-state index in [1.54, 1.807) is 6.92 Å². The van der Waals surface area contributed by atoms with Crippen molar-refractivity contribution >= 4 is 5.97 Å². The Labute approximate surface area is 101 Å². The molecule has 6 nitrogen and oxygen atoms in total. The molecule has 0 aromatic carbocycles. The Hall–Kier alpha value is -0.950. The summed E-state index contributed by atoms with van der Waals surface area (Å²) in [5, 5.41) is 34.5. The maximum Gasteiger partial charge on any atom is 0.327 e. The zero-order valence-electron chi connectivity index (χ0n) is 10.3. The van der Waals surface area contributed by atoms with Crippen molar-refractivity contribution in [2.45, 2.75) is 20.0 Å². The van der Waals surface area contributed by atoms with Gasteiger partial charge in [0.05, 0.1) is 31.3 Å². The van der Waals surface area contributed by atoms with Gasteiger partial charge in [0.25, 0.3) is 0 Å². The fourth-order valence-corrected chi connectivity index (χ4v) is 0.962. The summed E-state index contributed by atoms with van der Waals surface area (Å²) in [4.78, 5) is 9.25. The van der Waals surface area contributed by atoms with E-state index in [4.69, 9.17) is 25.2 Å². The second kappa shape index (κ2) is 10.2. The second-order valence-corrected chi connectivity index (χ2v) is 3.48. The minimum absolute atomic E-state index is 0.277. The van der Waals surface area contributed by atoms with E-state index in [0.29, 0.717) is 6.61 Å². The Morgan fingerprint density at radius 2 is 1.71 bits per heavy atom. The molecule has 0 radical (unpaired) electrons. The summed E-state index contributed by atoms with van der Waals surface area (Å²) in [5.41, 5.74) is -0.921. The van der Waals surface area contributed by atoms with Gasteiger partial charge in [0.2, 0.25) is 0 Å². The molecule has 0 amide bonds. The van der Waals surface area contributed by atoms with Crippen LogP contribution in [0.4, 0.5) is 0 Å². The quantitative estimate of drug-likeness (QED) is 0.459. The average Bonchev–Trinajstić information content (AvgIpc) is 2.33. The topological polar surface area (TPSA) is 107 Å². The van der Waals surface area contributed by atoms with Gasteiger partial charge in [-0.1, -0.05) is 6.58 Å². The largest absolute Gasteiger partial charge is 0.478 e. The average molecular weight is 250 g/mol. The van der Waals surface area contributed by atoms with Crippen LogP contribution in [0, 0.1) is 5.41 Å². The number of carboxylic acid groups (broad SMARTS) is 1. The molecule has 17 heavy (non-hydrogen) atoms. The minimum Gasteiger partial charge on any atom is -0.478 e. The van der Waals surface area contributed by atoms with Gasteiger partial charge >= 0.3 is 5.97 Å². The lowest BCUT2D eigenvalue weighted by Crippen LogP contribution is -2.45. The van der Waals surface area contributed by atoms with Gasteiger partial charge in [-0.3, -0.25) is 0 Å². The van der Waals surface area contributed by atoms with E-state index in [1.807, 2.05) is 6.92 Å². The number of hydrogen-bond donors (Lipinski definition) is 4. The monoisotopic (exact) mass is 250 g/mol. The van der Waals surface area contributed by atoms with Crippen LogP contribution < -0.4 is 0 Å². The van der Waals surface area contributed by atoms with Crippen molar-refractivity contribution in [2.75, 3.05) is 26.4 Å². The van der Waals surface area contributed by atoms with E-state index in [9.17, 15) is 4.79 Å². The number of carbonyl (C=O) groups is 1. The lowest BCUT2D eigenvalue weighted by Gasteiger charge is -2.33. The molecule has 6 heteroatoms. The van der Waals surface area contributed by atoms with Gasteiger partial charge in [0.1, 0.15) is 0 Å². The summed E-state index contributed by atoms with van der Waals surface area (Å²) in [7, 11) is 0. The fraction of sp³-hybridized carbons (Fsp3) is 0.727. The number of carboxylic acids is 1. The Bertz CT molecular complexity index is 204. The molecule has 0 aliphatic heterocycles. The van der Waals surface area contributed by atoms with Crippen molar-refractivity contribution < 1.29 is 30.0 Å². The zero-order chi connectivity index (χ0) is 13.9. The molecule has 4 N–H and O–H groups in total. The third kappa shape index (κ3) is 7.06. The third-order valence-corrected chi connectivity index (χ3v) is 2.40. The Morgan fingerprint density at radius 1 is 1.35 bits per heavy atom. The highest BCUT2D eigenvalue weighted by Gasteiger charge is 2.35. The normalized spacial score (nSPS) is 12.3. The molecule has 1 unspecified atom stereocenters. The van der Waals surface area contributed by atoms with Crippen molar-refractivity contribution in [1.29, 1.82) is 0 Å².